The Bertz CT molecular complexity index is 610. The standard InChI is InChI=1S/C17H24N4O.HI/c1-12(2)13(3)20-17(18-4)19-11-15-10-16(22-21-15)14-8-6-5-7-9-14;/h5-10,12-13H,11H2,1-4H3,(H2,18,19,20);1H. The van der Waals surface area contributed by atoms with Crippen LogP contribution in [0.3, 0.4) is 0 Å². The number of halogens is 1. The van der Waals surface area contributed by atoms with Gasteiger partial charge in [0.1, 0.15) is 5.69 Å². The van der Waals surface area contributed by atoms with E-state index in [0.717, 1.165) is 23.0 Å². The molecule has 5 nitrogen and oxygen atoms in total. The van der Waals surface area contributed by atoms with E-state index < -0.39 is 0 Å². The molecule has 1 unspecified atom stereocenters. The maximum atomic E-state index is 5.39. The molecule has 2 N–H and O–H groups in total. The molecule has 0 aliphatic rings. The van der Waals surface area contributed by atoms with E-state index in [2.05, 4.69) is 41.6 Å². The van der Waals surface area contributed by atoms with Crippen LogP contribution in [-0.4, -0.2) is 24.2 Å². The summed E-state index contributed by atoms with van der Waals surface area (Å²) in [6.45, 7) is 7.06. The van der Waals surface area contributed by atoms with Gasteiger partial charge in [0, 0.05) is 24.7 Å². The minimum Gasteiger partial charge on any atom is -0.356 e. The molecule has 2 rings (SSSR count). The minimum absolute atomic E-state index is 0. The molecule has 6 heteroatoms. The van der Waals surface area contributed by atoms with Crippen molar-refractivity contribution >= 4 is 29.9 Å². The van der Waals surface area contributed by atoms with E-state index >= 15 is 0 Å². The third-order valence-electron chi connectivity index (χ3n) is 3.64. The van der Waals surface area contributed by atoms with Crippen molar-refractivity contribution in [1.82, 2.24) is 15.8 Å². The van der Waals surface area contributed by atoms with Gasteiger partial charge in [-0.1, -0.05) is 49.3 Å². The van der Waals surface area contributed by atoms with Gasteiger partial charge in [-0.2, -0.15) is 0 Å². The number of nitrogens with zero attached hydrogens (tertiary/aromatic N) is 2. The highest BCUT2D eigenvalue weighted by Gasteiger charge is 2.10. The average Bonchev–Trinajstić information content (AvgIpc) is 3.00. The summed E-state index contributed by atoms with van der Waals surface area (Å²) in [4.78, 5) is 4.23. The summed E-state index contributed by atoms with van der Waals surface area (Å²) in [5.41, 5.74) is 1.87. The largest absolute Gasteiger partial charge is 0.356 e. The van der Waals surface area contributed by atoms with Crippen molar-refractivity contribution in [2.45, 2.75) is 33.4 Å². The van der Waals surface area contributed by atoms with Crippen molar-refractivity contribution < 1.29 is 4.52 Å². The number of guanidine groups is 1. The Balaban J connectivity index is 0.00000264. The van der Waals surface area contributed by atoms with Crippen molar-refractivity contribution in [3.63, 3.8) is 0 Å². The SMILES string of the molecule is CN=C(NCc1cc(-c2ccccc2)on1)NC(C)C(C)C.I. The predicted octanol–water partition coefficient (Wildman–Crippen LogP) is 3.67. The molecule has 1 atom stereocenters. The first-order valence-corrected chi connectivity index (χ1v) is 7.58. The minimum atomic E-state index is 0. The quantitative estimate of drug-likeness (QED) is 0.434. The van der Waals surface area contributed by atoms with E-state index in [0.29, 0.717) is 18.5 Å². The first-order chi connectivity index (χ1) is 10.6. The number of benzene rings is 1. The van der Waals surface area contributed by atoms with Gasteiger partial charge in [0.25, 0.3) is 0 Å². The molecule has 1 aromatic heterocycles. The molecular weight excluding hydrogens is 403 g/mol. The summed E-state index contributed by atoms with van der Waals surface area (Å²) in [5, 5.41) is 10.7. The van der Waals surface area contributed by atoms with Crippen molar-refractivity contribution in [2.24, 2.45) is 10.9 Å². The monoisotopic (exact) mass is 428 g/mol. The highest BCUT2D eigenvalue weighted by atomic mass is 127. The normalized spacial score (nSPS) is 12.7. The Kier molecular flexibility index (Phi) is 8.08. The van der Waals surface area contributed by atoms with Crippen LogP contribution in [0.4, 0.5) is 0 Å². The summed E-state index contributed by atoms with van der Waals surface area (Å²) in [6.07, 6.45) is 0. The summed E-state index contributed by atoms with van der Waals surface area (Å²) in [6, 6.07) is 12.2. The fourth-order valence-electron chi connectivity index (χ4n) is 1.88. The summed E-state index contributed by atoms with van der Waals surface area (Å²) in [7, 11) is 1.76. The van der Waals surface area contributed by atoms with Crippen LogP contribution in [0.1, 0.15) is 26.5 Å². The van der Waals surface area contributed by atoms with E-state index in [1.54, 1.807) is 7.05 Å². The summed E-state index contributed by atoms with van der Waals surface area (Å²) < 4.78 is 5.39. The van der Waals surface area contributed by atoms with Crippen molar-refractivity contribution in [2.75, 3.05) is 7.05 Å². The Hall–Kier alpha value is -1.57. The molecule has 1 aromatic carbocycles. The number of aromatic nitrogens is 1. The second-order valence-corrected chi connectivity index (χ2v) is 5.65. The van der Waals surface area contributed by atoms with Crippen molar-refractivity contribution in [3.8, 4) is 11.3 Å². The third-order valence-corrected chi connectivity index (χ3v) is 3.64. The molecule has 0 fully saturated rings. The first-order valence-electron chi connectivity index (χ1n) is 7.58. The van der Waals surface area contributed by atoms with Gasteiger partial charge in [-0.15, -0.1) is 24.0 Å². The third kappa shape index (κ3) is 5.85. The Morgan fingerprint density at radius 2 is 1.91 bits per heavy atom. The van der Waals surface area contributed by atoms with Crippen molar-refractivity contribution in [3.05, 3.63) is 42.1 Å². The van der Waals surface area contributed by atoms with E-state index in [9.17, 15) is 0 Å². The summed E-state index contributed by atoms with van der Waals surface area (Å²) in [5.74, 6) is 2.08. The Morgan fingerprint density at radius 3 is 2.52 bits per heavy atom. The maximum absolute atomic E-state index is 5.39. The van der Waals surface area contributed by atoms with Crippen LogP contribution in [0.2, 0.25) is 0 Å². The molecule has 0 bridgehead atoms. The number of hydrogen-bond acceptors (Lipinski definition) is 3. The van der Waals surface area contributed by atoms with Gasteiger partial charge in [-0.3, -0.25) is 4.99 Å². The van der Waals surface area contributed by atoms with Crippen LogP contribution in [0.25, 0.3) is 11.3 Å². The lowest BCUT2D eigenvalue weighted by atomic mass is 10.1. The topological polar surface area (TPSA) is 62.5 Å². The van der Waals surface area contributed by atoms with E-state index in [-0.39, 0.29) is 24.0 Å². The second kappa shape index (κ2) is 9.54. The fourth-order valence-corrected chi connectivity index (χ4v) is 1.88. The molecule has 2 aromatic rings. The van der Waals surface area contributed by atoms with Gasteiger partial charge >= 0.3 is 0 Å². The summed E-state index contributed by atoms with van der Waals surface area (Å²) >= 11 is 0. The van der Waals surface area contributed by atoms with Crippen molar-refractivity contribution in [1.29, 1.82) is 0 Å². The van der Waals surface area contributed by atoms with Gasteiger partial charge in [0.05, 0.1) is 6.54 Å². The average molecular weight is 428 g/mol. The smallest absolute Gasteiger partial charge is 0.191 e. The fraction of sp³-hybridized carbons (Fsp3) is 0.412. The lowest BCUT2D eigenvalue weighted by molar-refractivity contribution is 0.422. The number of aliphatic imine (C=N–C) groups is 1. The molecule has 0 spiro atoms. The zero-order chi connectivity index (χ0) is 15.9. The van der Waals surface area contributed by atoms with E-state index in [1.807, 2.05) is 36.4 Å². The van der Waals surface area contributed by atoms with Crippen LogP contribution < -0.4 is 10.6 Å². The molecule has 23 heavy (non-hydrogen) atoms. The molecule has 0 saturated carbocycles. The highest BCUT2D eigenvalue weighted by Crippen LogP contribution is 2.19. The predicted molar refractivity (Wildman–Crippen MR) is 105 cm³/mol. The van der Waals surface area contributed by atoms with Gasteiger partial charge in [0.15, 0.2) is 11.7 Å². The van der Waals surface area contributed by atoms with Crippen LogP contribution in [0.5, 0.6) is 0 Å². The van der Waals surface area contributed by atoms with Crippen LogP contribution in [0.15, 0.2) is 45.9 Å². The molecular formula is C17H25IN4O. The lowest BCUT2D eigenvalue weighted by Gasteiger charge is -2.20. The first kappa shape index (κ1) is 19.5. The number of hydrogen-bond donors (Lipinski definition) is 2. The van der Waals surface area contributed by atoms with E-state index in [1.165, 1.54) is 0 Å². The van der Waals surface area contributed by atoms with E-state index in [4.69, 9.17) is 4.52 Å². The lowest BCUT2D eigenvalue weighted by Crippen LogP contribution is -2.43. The maximum Gasteiger partial charge on any atom is 0.191 e. The molecule has 1 heterocycles. The van der Waals surface area contributed by atoms with Crippen LogP contribution in [0, 0.1) is 5.92 Å². The molecule has 0 radical (unpaired) electrons. The number of rotatable bonds is 5. The molecule has 0 saturated heterocycles. The zero-order valence-corrected chi connectivity index (χ0v) is 16.4. The molecule has 0 aliphatic heterocycles. The van der Waals surface area contributed by atoms with Gasteiger partial charge < -0.3 is 15.2 Å². The van der Waals surface area contributed by atoms with Gasteiger partial charge in [0.2, 0.25) is 0 Å². The van der Waals surface area contributed by atoms with Gasteiger partial charge in [-0.25, -0.2) is 0 Å². The zero-order valence-electron chi connectivity index (χ0n) is 14.0. The van der Waals surface area contributed by atoms with Crippen LogP contribution >= 0.6 is 24.0 Å². The Morgan fingerprint density at radius 1 is 1.22 bits per heavy atom. The van der Waals surface area contributed by atoms with Crippen LogP contribution in [-0.2, 0) is 6.54 Å². The molecule has 126 valence electrons. The Labute approximate surface area is 155 Å². The highest BCUT2D eigenvalue weighted by molar-refractivity contribution is 14.0. The second-order valence-electron chi connectivity index (χ2n) is 5.65. The van der Waals surface area contributed by atoms with Gasteiger partial charge in [-0.05, 0) is 12.8 Å². The molecule has 0 aliphatic carbocycles. The molecule has 0 amide bonds. The number of nitrogens with one attached hydrogen (secondary N) is 2.